The van der Waals surface area contributed by atoms with Gasteiger partial charge < -0.3 is 23.8 Å². The molecule has 1 amide bonds. The number of carbonyl (C=O) groups excluding carboxylic acids is 1. The third kappa shape index (κ3) is 4.28. The quantitative estimate of drug-likeness (QED) is 0.698. The van der Waals surface area contributed by atoms with Crippen molar-refractivity contribution in [3.8, 4) is 17.2 Å². The number of fused-ring (bicyclic) bond motifs is 1. The van der Waals surface area contributed by atoms with Gasteiger partial charge in [-0.1, -0.05) is 12.1 Å². The van der Waals surface area contributed by atoms with Crippen molar-refractivity contribution in [2.45, 2.75) is 31.3 Å². The topological polar surface area (TPSA) is 60.5 Å². The van der Waals surface area contributed by atoms with Crippen LogP contribution in [-0.2, 0) is 4.74 Å². The van der Waals surface area contributed by atoms with Crippen molar-refractivity contribution in [2.24, 2.45) is 0 Å². The molecule has 2 aromatic rings. The Labute approximate surface area is 182 Å². The highest BCUT2D eigenvalue weighted by molar-refractivity contribution is 5.89. The Bertz CT molecular complexity index is 941. The molecule has 0 radical (unpaired) electrons. The largest absolute Gasteiger partial charge is 0.497 e. The highest BCUT2D eigenvalue weighted by atomic mass is 16.7. The molecule has 0 spiro atoms. The smallest absolute Gasteiger partial charge is 0.414 e. The van der Waals surface area contributed by atoms with Gasteiger partial charge >= 0.3 is 6.09 Å². The van der Waals surface area contributed by atoms with Gasteiger partial charge in [-0.15, -0.1) is 0 Å². The first kappa shape index (κ1) is 20.0. The summed E-state index contributed by atoms with van der Waals surface area (Å²) in [7, 11) is 1.62. The van der Waals surface area contributed by atoms with Crippen LogP contribution in [0.15, 0.2) is 42.5 Å². The number of ether oxygens (including phenoxy) is 4. The number of methoxy groups -OCH3 is 1. The lowest BCUT2D eigenvalue weighted by atomic mass is 9.89. The molecule has 7 heteroatoms. The van der Waals surface area contributed by atoms with E-state index in [1.807, 2.05) is 30.3 Å². The van der Waals surface area contributed by atoms with Crippen LogP contribution in [0.2, 0.25) is 0 Å². The molecule has 164 valence electrons. The molecule has 1 atom stereocenters. The van der Waals surface area contributed by atoms with Gasteiger partial charge in [0.05, 0.1) is 19.3 Å². The summed E-state index contributed by atoms with van der Waals surface area (Å²) < 4.78 is 21.8. The number of benzene rings is 2. The summed E-state index contributed by atoms with van der Waals surface area (Å²) in [5.41, 5.74) is 2.15. The zero-order valence-corrected chi connectivity index (χ0v) is 17.8. The molecule has 3 aliphatic rings. The van der Waals surface area contributed by atoms with E-state index >= 15 is 0 Å². The molecule has 2 fully saturated rings. The SMILES string of the molecule is COc1cccc(N2CC(CCN3CCC(c4ccc5c(c4)OCO5)CC3)OC2=O)c1. The minimum atomic E-state index is -0.278. The van der Waals surface area contributed by atoms with Gasteiger partial charge in [-0.05, 0) is 68.1 Å². The number of amides is 1. The zero-order chi connectivity index (χ0) is 21.2. The first-order valence-electron chi connectivity index (χ1n) is 10.9. The Hall–Kier alpha value is -2.93. The van der Waals surface area contributed by atoms with Crippen LogP contribution in [0.4, 0.5) is 10.5 Å². The fourth-order valence-electron chi connectivity index (χ4n) is 4.64. The Balaban J connectivity index is 1.10. The number of carbonyl (C=O) groups is 1. The predicted molar refractivity (Wildman–Crippen MR) is 116 cm³/mol. The van der Waals surface area contributed by atoms with E-state index in [0.29, 0.717) is 19.3 Å². The fourth-order valence-corrected chi connectivity index (χ4v) is 4.64. The first-order valence-corrected chi connectivity index (χ1v) is 10.9. The van der Waals surface area contributed by atoms with Gasteiger partial charge in [0.25, 0.3) is 0 Å². The lowest BCUT2D eigenvalue weighted by molar-refractivity contribution is 0.120. The van der Waals surface area contributed by atoms with Crippen LogP contribution in [-0.4, -0.2) is 57.2 Å². The minimum Gasteiger partial charge on any atom is -0.497 e. The molecular weight excluding hydrogens is 396 g/mol. The van der Waals surface area contributed by atoms with Crippen LogP contribution in [0.25, 0.3) is 0 Å². The predicted octanol–water partition coefficient (Wildman–Crippen LogP) is 4.02. The van der Waals surface area contributed by atoms with Crippen LogP contribution in [0.1, 0.15) is 30.7 Å². The molecular formula is C24H28N2O5. The number of piperidine rings is 1. The molecule has 5 rings (SSSR count). The van der Waals surface area contributed by atoms with Gasteiger partial charge in [0.2, 0.25) is 6.79 Å². The summed E-state index contributed by atoms with van der Waals surface area (Å²) in [4.78, 5) is 16.5. The van der Waals surface area contributed by atoms with Crippen molar-refractivity contribution in [3.05, 3.63) is 48.0 Å². The summed E-state index contributed by atoms with van der Waals surface area (Å²) in [6.07, 6.45) is 2.74. The maximum absolute atomic E-state index is 12.3. The van der Waals surface area contributed by atoms with Gasteiger partial charge in [-0.2, -0.15) is 0 Å². The van der Waals surface area contributed by atoms with Gasteiger partial charge in [-0.25, -0.2) is 4.79 Å². The number of hydrogen-bond donors (Lipinski definition) is 0. The maximum atomic E-state index is 12.3. The van der Waals surface area contributed by atoms with E-state index in [2.05, 4.69) is 17.0 Å². The molecule has 0 aliphatic carbocycles. The molecule has 0 saturated carbocycles. The highest BCUT2D eigenvalue weighted by Gasteiger charge is 2.33. The second-order valence-corrected chi connectivity index (χ2v) is 8.34. The van der Waals surface area contributed by atoms with E-state index in [4.69, 9.17) is 18.9 Å². The van der Waals surface area contributed by atoms with E-state index in [1.165, 1.54) is 5.56 Å². The summed E-state index contributed by atoms with van der Waals surface area (Å²) in [6, 6.07) is 13.9. The average Bonchev–Trinajstić information content (AvgIpc) is 3.43. The molecule has 1 unspecified atom stereocenters. The third-order valence-electron chi connectivity index (χ3n) is 6.46. The van der Waals surface area contributed by atoms with Crippen molar-refractivity contribution in [1.82, 2.24) is 4.90 Å². The lowest BCUT2D eigenvalue weighted by Crippen LogP contribution is -2.35. The fraction of sp³-hybridized carbons (Fsp3) is 0.458. The van der Waals surface area contributed by atoms with E-state index < -0.39 is 0 Å². The van der Waals surface area contributed by atoms with E-state index in [-0.39, 0.29) is 12.2 Å². The van der Waals surface area contributed by atoms with E-state index in [1.54, 1.807) is 12.0 Å². The monoisotopic (exact) mass is 424 g/mol. The van der Waals surface area contributed by atoms with Crippen LogP contribution >= 0.6 is 0 Å². The van der Waals surface area contributed by atoms with Crippen molar-refractivity contribution < 1.29 is 23.7 Å². The molecule has 3 heterocycles. The lowest BCUT2D eigenvalue weighted by Gasteiger charge is -2.32. The van der Waals surface area contributed by atoms with Gasteiger partial charge in [0, 0.05) is 12.6 Å². The molecule has 0 aromatic heterocycles. The molecule has 2 saturated heterocycles. The second kappa shape index (κ2) is 8.67. The Morgan fingerprint density at radius 2 is 1.90 bits per heavy atom. The minimum absolute atomic E-state index is 0.0784. The standard InChI is InChI=1S/C24H28N2O5/c1-28-20-4-2-3-19(14-20)26-15-21(31-24(26)27)9-12-25-10-7-17(8-11-25)18-5-6-22-23(13-18)30-16-29-22/h2-6,13-14,17,21H,7-12,15-16H2,1H3. The van der Waals surface area contributed by atoms with Crippen molar-refractivity contribution in [2.75, 3.05) is 45.0 Å². The first-order chi connectivity index (χ1) is 15.2. The van der Waals surface area contributed by atoms with Crippen LogP contribution in [0, 0.1) is 0 Å². The summed E-state index contributed by atoms with van der Waals surface area (Å²) in [6.45, 7) is 3.95. The van der Waals surface area contributed by atoms with E-state index in [0.717, 1.165) is 61.8 Å². The summed E-state index contributed by atoms with van der Waals surface area (Å²) in [5.74, 6) is 3.00. The van der Waals surface area contributed by atoms with Gasteiger partial charge in [0.1, 0.15) is 11.9 Å². The highest BCUT2D eigenvalue weighted by Crippen LogP contribution is 2.37. The normalized spacial score (nSPS) is 21.4. The van der Waals surface area contributed by atoms with Gasteiger partial charge in [0.15, 0.2) is 11.5 Å². The average molecular weight is 424 g/mol. The van der Waals surface area contributed by atoms with Crippen molar-refractivity contribution in [1.29, 1.82) is 0 Å². The molecule has 2 aromatic carbocycles. The zero-order valence-electron chi connectivity index (χ0n) is 17.8. The number of cyclic esters (lactones) is 1. The Morgan fingerprint density at radius 1 is 1.06 bits per heavy atom. The number of hydrogen-bond acceptors (Lipinski definition) is 6. The summed E-state index contributed by atoms with van der Waals surface area (Å²) >= 11 is 0. The Morgan fingerprint density at radius 3 is 2.74 bits per heavy atom. The third-order valence-corrected chi connectivity index (χ3v) is 6.46. The summed E-state index contributed by atoms with van der Waals surface area (Å²) in [5, 5.41) is 0. The molecule has 0 N–H and O–H groups in total. The molecule has 3 aliphatic heterocycles. The number of likely N-dealkylation sites (tertiary alicyclic amines) is 1. The van der Waals surface area contributed by atoms with Crippen LogP contribution in [0.3, 0.4) is 0 Å². The number of nitrogens with zero attached hydrogens (tertiary/aromatic N) is 2. The maximum Gasteiger partial charge on any atom is 0.414 e. The molecule has 0 bridgehead atoms. The van der Waals surface area contributed by atoms with E-state index in [9.17, 15) is 4.79 Å². The number of rotatable bonds is 6. The Kier molecular flexibility index (Phi) is 5.59. The van der Waals surface area contributed by atoms with Crippen LogP contribution in [0.5, 0.6) is 17.2 Å². The van der Waals surface area contributed by atoms with Crippen LogP contribution < -0.4 is 19.1 Å². The van der Waals surface area contributed by atoms with Crippen molar-refractivity contribution in [3.63, 3.8) is 0 Å². The molecule has 7 nitrogen and oxygen atoms in total. The molecule has 31 heavy (non-hydrogen) atoms. The number of anilines is 1. The van der Waals surface area contributed by atoms with Crippen molar-refractivity contribution >= 4 is 11.8 Å². The van der Waals surface area contributed by atoms with Gasteiger partial charge in [-0.3, -0.25) is 4.90 Å². The second-order valence-electron chi connectivity index (χ2n) is 8.34.